The molecule has 5 heteroatoms. The number of aromatic amines is 1. The van der Waals surface area contributed by atoms with E-state index in [0.29, 0.717) is 0 Å². The first-order chi connectivity index (χ1) is 13.6. The van der Waals surface area contributed by atoms with Crippen LogP contribution in [0.25, 0.3) is 10.9 Å². The van der Waals surface area contributed by atoms with Gasteiger partial charge in [0.15, 0.2) is 0 Å². The zero-order valence-corrected chi connectivity index (χ0v) is 16.5. The van der Waals surface area contributed by atoms with E-state index in [-0.39, 0.29) is 18.1 Å². The van der Waals surface area contributed by atoms with Crippen LogP contribution in [0.2, 0.25) is 0 Å². The molecule has 0 radical (unpaired) electrons. The number of H-pyrrole nitrogens is 1. The molecule has 2 N–H and O–H groups in total. The highest BCUT2D eigenvalue weighted by atomic mass is 16.5. The van der Waals surface area contributed by atoms with Gasteiger partial charge in [-0.3, -0.25) is 4.90 Å². The molecule has 5 rings (SSSR count). The van der Waals surface area contributed by atoms with E-state index < -0.39 is 0 Å². The number of benzene rings is 2. The molecule has 1 atom stereocenters. The van der Waals surface area contributed by atoms with Gasteiger partial charge >= 0.3 is 0 Å². The highest BCUT2D eigenvalue weighted by Crippen LogP contribution is 2.48. The van der Waals surface area contributed by atoms with Crippen molar-refractivity contribution >= 4 is 10.9 Å². The maximum Gasteiger partial charge on any atom is 0.120 e. The van der Waals surface area contributed by atoms with E-state index in [9.17, 15) is 5.11 Å². The molecule has 5 nitrogen and oxygen atoms in total. The summed E-state index contributed by atoms with van der Waals surface area (Å²) in [7, 11) is 3.88. The monoisotopic (exact) mass is 377 g/mol. The molecule has 0 saturated carbocycles. The molecule has 0 aliphatic carbocycles. The molecular formula is C23H27N3O2. The van der Waals surface area contributed by atoms with Crippen LogP contribution < -0.4 is 4.74 Å². The lowest BCUT2D eigenvalue weighted by atomic mass is 9.69. The van der Waals surface area contributed by atoms with Crippen LogP contribution in [0.3, 0.4) is 0 Å². The second-order valence-electron chi connectivity index (χ2n) is 8.37. The SMILES string of the molecule is COc1ccc2c3c([nH]c2c1)[C@H](CO)N(Cc1ccccc1)CC31CN(C)C1. The van der Waals surface area contributed by atoms with E-state index in [0.717, 1.165) is 37.4 Å². The summed E-state index contributed by atoms with van der Waals surface area (Å²) in [5.41, 5.74) is 5.05. The van der Waals surface area contributed by atoms with Crippen molar-refractivity contribution in [2.45, 2.75) is 18.0 Å². The molecule has 0 unspecified atom stereocenters. The smallest absolute Gasteiger partial charge is 0.120 e. The van der Waals surface area contributed by atoms with Crippen molar-refractivity contribution in [3.63, 3.8) is 0 Å². The number of likely N-dealkylation sites (tertiary alicyclic amines) is 1. The van der Waals surface area contributed by atoms with Crippen molar-refractivity contribution in [1.82, 2.24) is 14.8 Å². The van der Waals surface area contributed by atoms with Crippen LogP contribution in [0.4, 0.5) is 0 Å². The lowest BCUT2D eigenvalue weighted by Crippen LogP contribution is -2.65. The van der Waals surface area contributed by atoms with Gasteiger partial charge in [0.05, 0.1) is 19.8 Å². The third kappa shape index (κ3) is 2.65. The van der Waals surface area contributed by atoms with Crippen molar-refractivity contribution in [1.29, 1.82) is 0 Å². The lowest BCUT2D eigenvalue weighted by Gasteiger charge is -2.55. The van der Waals surface area contributed by atoms with Crippen LogP contribution in [-0.2, 0) is 12.0 Å². The first kappa shape index (κ1) is 17.7. The van der Waals surface area contributed by atoms with E-state index in [1.807, 2.05) is 6.07 Å². The number of nitrogens with zero attached hydrogens (tertiary/aromatic N) is 2. The fourth-order valence-corrected chi connectivity index (χ4v) is 5.34. The highest BCUT2D eigenvalue weighted by molar-refractivity contribution is 5.88. The second kappa shape index (κ2) is 6.62. The van der Waals surface area contributed by atoms with Gasteiger partial charge in [0.2, 0.25) is 0 Å². The number of aliphatic hydroxyl groups excluding tert-OH is 1. The highest BCUT2D eigenvalue weighted by Gasteiger charge is 2.51. The van der Waals surface area contributed by atoms with Gasteiger partial charge in [-0.15, -0.1) is 0 Å². The van der Waals surface area contributed by atoms with E-state index in [2.05, 4.69) is 64.3 Å². The van der Waals surface area contributed by atoms with Crippen molar-refractivity contribution < 1.29 is 9.84 Å². The van der Waals surface area contributed by atoms with Crippen LogP contribution in [0.15, 0.2) is 48.5 Å². The number of fused-ring (bicyclic) bond motifs is 4. The number of aliphatic hydroxyl groups is 1. The van der Waals surface area contributed by atoms with Gasteiger partial charge in [0.1, 0.15) is 5.75 Å². The Hall–Kier alpha value is -2.34. The Morgan fingerprint density at radius 2 is 1.93 bits per heavy atom. The largest absolute Gasteiger partial charge is 0.497 e. The molecule has 0 bridgehead atoms. The number of ether oxygens (including phenoxy) is 1. The zero-order chi connectivity index (χ0) is 19.3. The summed E-state index contributed by atoms with van der Waals surface area (Å²) in [6.07, 6.45) is 0. The summed E-state index contributed by atoms with van der Waals surface area (Å²) >= 11 is 0. The van der Waals surface area contributed by atoms with Gasteiger partial charge in [-0.05, 0) is 30.3 Å². The van der Waals surface area contributed by atoms with E-state index in [1.54, 1.807) is 7.11 Å². The van der Waals surface area contributed by atoms with Gasteiger partial charge in [-0.25, -0.2) is 0 Å². The minimum atomic E-state index is -0.0230. The fourth-order valence-electron chi connectivity index (χ4n) is 5.34. The number of nitrogens with one attached hydrogen (secondary N) is 1. The Balaban J connectivity index is 1.63. The average molecular weight is 377 g/mol. The molecule has 2 aromatic carbocycles. The number of rotatable bonds is 4. The molecule has 1 spiro atoms. The molecule has 146 valence electrons. The van der Waals surface area contributed by atoms with Crippen molar-refractivity contribution in [2.24, 2.45) is 0 Å². The summed E-state index contributed by atoms with van der Waals surface area (Å²) in [5.74, 6) is 0.854. The molecule has 2 aliphatic rings. The molecule has 1 saturated heterocycles. The second-order valence-corrected chi connectivity index (χ2v) is 8.37. The minimum Gasteiger partial charge on any atom is -0.497 e. The molecule has 0 amide bonds. The molecule has 3 aromatic rings. The molecule has 28 heavy (non-hydrogen) atoms. The Bertz CT molecular complexity index is 992. The molecular weight excluding hydrogens is 350 g/mol. The molecule has 1 aromatic heterocycles. The van der Waals surface area contributed by atoms with E-state index in [1.165, 1.54) is 22.2 Å². The van der Waals surface area contributed by atoms with E-state index in [4.69, 9.17) is 4.74 Å². The predicted octanol–water partition coefficient (Wildman–Crippen LogP) is 2.91. The summed E-state index contributed by atoms with van der Waals surface area (Å²) in [6, 6.07) is 16.8. The Morgan fingerprint density at radius 3 is 2.61 bits per heavy atom. The maximum absolute atomic E-state index is 10.3. The number of likely N-dealkylation sites (N-methyl/N-ethyl adjacent to an activating group) is 1. The van der Waals surface area contributed by atoms with Gasteiger partial charge in [0.25, 0.3) is 0 Å². The number of methoxy groups -OCH3 is 1. The van der Waals surface area contributed by atoms with Crippen molar-refractivity contribution in [2.75, 3.05) is 40.4 Å². The summed E-state index contributed by atoms with van der Waals surface area (Å²) < 4.78 is 5.43. The number of hydrogen-bond acceptors (Lipinski definition) is 4. The standard InChI is InChI=1S/C23H27N3O2/c1-25-13-23(14-25)15-26(11-16-6-4-3-5-7-16)20(12-27)22-21(23)18-9-8-17(28-2)10-19(18)24-22/h3-10,20,24,27H,11-15H2,1-2H3/t20-/m0/s1. The first-order valence-corrected chi connectivity index (χ1v) is 9.91. The van der Waals surface area contributed by atoms with Gasteiger partial charge < -0.3 is 19.7 Å². The van der Waals surface area contributed by atoms with Gasteiger partial charge in [0, 0.05) is 54.3 Å². The normalized spacial score (nSPS) is 21.6. The van der Waals surface area contributed by atoms with Crippen LogP contribution in [0, 0.1) is 0 Å². The first-order valence-electron chi connectivity index (χ1n) is 9.91. The van der Waals surface area contributed by atoms with E-state index >= 15 is 0 Å². The van der Waals surface area contributed by atoms with Gasteiger partial charge in [-0.1, -0.05) is 30.3 Å². The maximum atomic E-state index is 10.3. The van der Waals surface area contributed by atoms with Crippen LogP contribution in [-0.4, -0.2) is 60.3 Å². The lowest BCUT2D eigenvalue weighted by molar-refractivity contribution is 0.00422. The van der Waals surface area contributed by atoms with Crippen molar-refractivity contribution in [3.8, 4) is 5.75 Å². The number of hydrogen-bond donors (Lipinski definition) is 2. The topological polar surface area (TPSA) is 51.7 Å². The number of aromatic nitrogens is 1. The summed E-state index contributed by atoms with van der Waals surface area (Å²) in [6.45, 7) is 4.00. The third-order valence-electron chi connectivity index (χ3n) is 6.39. The van der Waals surface area contributed by atoms with Crippen molar-refractivity contribution in [3.05, 3.63) is 65.4 Å². The van der Waals surface area contributed by atoms with Crippen LogP contribution >= 0.6 is 0 Å². The fraction of sp³-hybridized carbons (Fsp3) is 0.391. The Kier molecular flexibility index (Phi) is 4.19. The zero-order valence-electron chi connectivity index (χ0n) is 16.5. The summed E-state index contributed by atoms with van der Waals surface area (Å²) in [5, 5.41) is 11.6. The van der Waals surface area contributed by atoms with Crippen LogP contribution in [0.5, 0.6) is 5.75 Å². The Morgan fingerprint density at radius 1 is 1.14 bits per heavy atom. The Labute approximate surface area is 165 Å². The molecule has 3 heterocycles. The minimum absolute atomic E-state index is 0.0230. The van der Waals surface area contributed by atoms with Crippen LogP contribution in [0.1, 0.15) is 22.9 Å². The summed E-state index contributed by atoms with van der Waals surface area (Å²) in [4.78, 5) is 8.47. The predicted molar refractivity (Wildman–Crippen MR) is 111 cm³/mol. The average Bonchev–Trinajstić information content (AvgIpc) is 3.06. The van der Waals surface area contributed by atoms with Gasteiger partial charge in [-0.2, -0.15) is 0 Å². The quantitative estimate of drug-likeness (QED) is 0.734. The third-order valence-corrected chi connectivity index (χ3v) is 6.39. The molecule has 1 fully saturated rings. The molecule has 2 aliphatic heterocycles.